The van der Waals surface area contributed by atoms with Crippen LogP contribution < -0.4 is 16.4 Å². The molecule has 5 N–H and O–H groups in total. The van der Waals surface area contributed by atoms with Gasteiger partial charge in [-0.3, -0.25) is 14.4 Å². The molecule has 1 aromatic carbocycles. The summed E-state index contributed by atoms with van der Waals surface area (Å²) in [6, 6.07) is 4.52. The number of carbonyl (C=O) groups excluding carboxylic acids is 3. The first-order valence-electron chi connectivity index (χ1n) is 7.89. The minimum Gasteiger partial charge on any atom is -0.481 e. The number of carbonyl (C=O) groups is 4. The van der Waals surface area contributed by atoms with Crippen LogP contribution in [0.3, 0.4) is 0 Å². The van der Waals surface area contributed by atoms with E-state index < -0.39 is 29.9 Å². The third-order valence-corrected chi connectivity index (χ3v) is 3.65. The van der Waals surface area contributed by atoms with Crippen LogP contribution in [0.15, 0.2) is 24.3 Å². The van der Waals surface area contributed by atoms with Gasteiger partial charge in [0.2, 0.25) is 5.91 Å². The predicted molar refractivity (Wildman–Crippen MR) is 91.8 cm³/mol. The second-order valence-electron chi connectivity index (χ2n) is 5.96. The van der Waals surface area contributed by atoms with Crippen molar-refractivity contribution in [3.05, 3.63) is 29.8 Å². The fourth-order valence-electron chi connectivity index (χ4n) is 2.10. The molecule has 8 heteroatoms. The van der Waals surface area contributed by atoms with E-state index in [0.717, 1.165) is 0 Å². The minimum absolute atomic E-state index is 0.108. The molecule has 0 unspecified atom stereocenters. The zero-order valence-corrected chi connectivity index (χ0v) is 14.2. The number of carboxylic acid groups (broad SMARTS) is 1. The van der Waals surface area contributed by atoms with Gasteiger partial charge in [0.25, 0.3) is 5.91 Å². The molecule has 0 aliphatic heterocycles. The predicted octanol–water partition coefficient (Wildman–Crippen LogP) is 0.572. The Morgan fingerprint density at radius 2 is 1.84 bits per heavy atom. The van der Waals surface area contributed by atoms with Gasteiger partial charge in [-0.2, -0.15) is 0 Å². The Morgan fingerprint density at radius 1 is 1.20 bits per heavy atom. The molecule has 2 atom stereocenters. The van der Waals surface area contributed by atoms with Gasteiger partial charge in [-0.05, 0) is 24.5 Å². The molecule has 1 rings (SSSR count). The van der Waals surface area contributed by atoms with Crippen molar-refractivity contribution in [2.75, 3.05) is 5.73 Å². The topological polar surface area (TPSA) is 139 Å². The molecule has 25 heavy (non-hydrogen) atoms. The van der Waals surface area contributed by atoms with Gasteiger partial charge >= 0.3 is 5.97 Å². The van der Waals surface area contributed by atoms with Crippen molar-refractivity contribution in [2.45, 2.75) is 38.8 Å². The largest absolute Gasteiger partial charge is 0.481 e. The van der Waals surface area contributed by atoms with E-state index in [0.29, 0.717) is 6.29 Å². The third-order valence-electron chi connectivity index (χ3n) is 3.65. The van der Waals surface area contributed by atoms with Crippen LogP contribution in [0.5, 0.6) is 0 Å². The van der Waals surface area contributed by atoms with Crippen LogP contribution in [0.25, 0.3) is 0 Å². The van der Waals surface area contributed by atoms with Gasteiger partial charge in [0.05, 0.1) is 11.6 Å². The monoisotopic (exact) mass is 349 g/mol. The van der Waals surface area contributed by atoms with Gasteiger partial charge in [0, 0.05) is 12.1 Å². The number of nitrogens with two attached hydrogens (primary N) is 1. The number of anilines is 1. The summed E-state index contributed by atoms with van der Waals surface area (Å²) in [5.74, 6) is -2.44. The Bertz CT molecular complexity index is 645. The average molecular weight is 349 g/mol. The standard InChI is InChI=1S/C17H23N3O5/c1-10(2)14(9-21)20-17(25)13(7-8-15(22)23)19-16(24)11-5-3-4-6-12(11)18/h3-6,9-10,13-14H,7-8,18H2,1-2H3,(H,19,24)(H,20,25)(H,22,23)/t13-,14+/m0/s1. The number of carboxylic acids is 1. The normalized spacial score (nSPS) is 12.9. The highest BCUT2D eigenvalue weighted by Crippen LogP contribution is 2.11. The molecule has 8 nitrogen and oxygen atoms in total. The number of para-hydroxylation sites is 1. The van der Waals surface area contributed by atoms with E-state index in [9.17, 15) is 19.2 Å². The Kier molecular flexibility index (Phi) is 7.58. The number of nitrogens with one attached hydrogen (secondary N) is 2. The van der Waals surface area contributed by atoms with E-state index in [1.807, 2.05) is 0 Å². The van der Waals surface area contributed by atoms with Crippen molar-refractivity contribution in [1.29, 1.82) is 0 Å². The number of hydrogen-bond acceptors (Lipinski definition) is 5. The van der Waals surface area contributed by atoms with Crippen molar-refractivity contribution in [2.24, 2.45) is 5.92 Å². The quantitative estimate of drug-likeness (QED) is 0.380. The van der Waals surface area contributed by atoms with Crippen LogP contribution in [-0.2, 0) is 14.4 Å². The summed E-state index contributed by atoms with van der Waals surface area (Å²) in [5, 5.41) is 13.8. The SMILES string of the molecule is CC(C)[C@@H](C=O)NC(=O)[C@H](CCC(=O)O)NC(=O)c1ccccc1N. The lowest BCUT2D eigenvalue weighted by atomic mass is 10.0. The highest BCUT2D eigenvalue weighted by atomic mass is 16.4. The molecular weight excluding hydrogens is 326 g/mol. The van der Waals surface area contributed by atoms with E-state index in [1.165, 1.54) is 6.07 Å². The number of aldehydes is 1. The van der Waals surface area contributed by atoms with Crippen LogP contribution in [0.4, 0.5) is 5.69 Å². The summed E-state index contributed by atoms with van der Waals surface area (Å²) in [6.45, 7) is 3.52. The van der Waals surface area contributed by atoms with Crippen molar-refractivity contribution < 1.29 is 24.3 Å². The summed E-state index contributed by atoms with van der Waals surface area (Å²) in [4.78, 5) is 46.5. The molecule has 0 saturated heterocycles. The second-order valence-corrected chi connectivity index (χ2v) is 5.96. The molecule has 0 aliphatic rings. The van der Waals surface area contributed by atoms with Crippen molar-refractivity contribution in [3.8, 4) is 0 Å². The highest BCUT2D eigenvalue weighted by Gasteiger charge is 2.26. The summed E-state index contributed by atoms with van der Waals surface area (Å²) in [5.41, 5.74) is 6.16. The lowest BCUT2D eigenvalue weighted by Gasteiger charge is -2.22. The number of benzene rings is 1. The van der Waals surface area contributed by atoms with Gasteiger partial charge in [-0.15, -0.1) is 0 Å². The summed E-state index contributed by atoms with van der Waals surface area (Å²) in [6.07, 6.45) is 0.188. The zero-order valence-electron chi connectivity index (χ0n) is 14.2. The maximum Gasteiger partial charge on any atom is 0.303 e. The number of hydrogen-bond donors (Lipinski definition) is 4. The molecule has 1 aromatic rings. The minimum atomic E-state index is -1.10. The Labute approximate surface area is 145 Å². The first-order valence-corrected chi connectivity index (χ1v) is 7.89. The van der Waals surface area contributed by atoms with Crippen LogP contribution in [0.1, 0.15) is 37.0 Å². The van der Waals surface area contributed by atoms with E-state index >= 15 is 0 Å². The van der Waals surface area contributed by atoms with Crippen LogP contribution in [0, 0.1) is 5.92 Å². The zero-order chi connectivity index (χ0) is 19.0. The van der Waals surface area contributed by atoms with Crippen LogP contribution in [-0.4, -0.2) is 41.3 Å². The number of aliphatic carboxylic acids is 1. The molecule has 0 heterocycles. The summed E-state index contributed by atoms with van der Waals surface area (Å²) < 4.78 is 0. The molecular formula is C17H23N3O5. The third kappa shape index (κ3) is 6.25. The fourth-order valence-corrected chi connectivity index (χ4v) is 2.10. The maximum absolute atomic E-state index is 12.4. The molecule has 0 fully saturated rings. The lowest BCUT2D eigenvalue weighted by Crippen LogP contribution is -2.51. The van der Waals surface area contributed by atoms with Gasteiger partial charge in [0.1, 0.15) is 12.3 Å². The molecule has 0 spiro atoms. The molecule has 2 amide bonds. The molecule has 0 saturated carbocycles. The Hall–Kier alpha value is -2.90. The first kappa shape index (κ1) is 20.1. The maximum atomic E-state index is 12.4. The van der Waals surface area contributed by atoms with E-state index in [-0.39, 0.29) is 30.0 Å². The first-order chi connectivity index (χ1) is 11.8. The van der Waals surface area contributed by atoms with Crippen molar-refractivity contribution >= 4 is 29.8 Å². The number of amides is 2. The second kappa shape index (κ2) is 9.41. The molecule has 136 valence electrons. The van der Waals surface area contributed by atoms with E-state index in [1.54, 1.807) is 32.0 Å². The van der Waals surface area contributed by atoms with Crippen molar-refractivity contribution in [3.63, 3.8) is 0 Å². The smallest absolute Gasteiger partial charge is 0.303 e. The molecule has 0 radical (unpaired) electrons. The lowest BCUT2D eigenvalue weighted by molar-refractivity contribution is -0.137. The van der Waals surface area contributed by atoms with Crippen LogP contribution in [0.2, 0.25) is 0 Å². The van der Waals surface area contributed by atoms with Gasteiger partial charge in [0.15, 0.2) is 0 Å². The number of rotatable bonds is 9. The molecule has 0 aliphatic carbocycles. The highest BCUT2D eigenvalue weighted by molar-refractivity contribution is 6.01. The van der Waals surface area contributed by atoms with E-state index in [4.69, 9.17) is 10.8 Å². The summed E-state index contributed by atoms with van der Waals surface area (Å²) in [7, 11) is 0. The fraction of sp³-hybridized carbons (Fsp3) is 0.412. The summed E-state index contributed by atoms with van der Waals surface area (Å²) >= 11 is 0. The Morgan fingerprint density at radius 3 is 2.36 bits per heavy atom. The average Bonchev–Trinajstić information content (AvgIpc) is 2.55. The Balaban J connectivity index is 2.90. The van der Waals surface area contributed by atoms with Crippen LogP contribution >= 0.6 is 0 Å². The van der Waals surface area contributed by atoms with Gasteiger partial charge < -0.3 is 26.3 Å². The van der Waals surface area contributed by atoms with Gasteiger partial charge in [-0.25, -0.2) is 0 Å². The van der Waals surface area contributed by atoms with E-state index in [2.05, 4.69) is 10.6 Å². The number of nitrogen functional groups attached to an aromatic ring is 1. The van der Waals surface area contributed by atoms with Gasteiger partial charge in [-0.1, -0.05) is 26.0 Å². The van der Waals surface area contributed by atoms with Crippen molar-refractivity contribution in [1.82, 2.24) is 10.6 Å². The molecule has 0 aromatic heterocycles. The molecule has 0 bridgehead atoms.